The number of aromatic carboxylic acids is 1. The molecule has 196 valence electrons. The summed E-state index contributed by atoms with van der Waals surface area (Å²) in [5.41, 5.74) is -2.19. The van der Waals surface area contributed by atoms with Crippen molar-refractivity contribution in [1.82, 2.24) is 9.80 Å². The van der Waals surface area contributed by atoms with Gasteiger partial charge in [0, 0.05) is 32.7 Å². The second kappa shape index (κ2) is 9.06. The van der Waals surface area contributed by atoms with Crippen LogP contribution in [0.5, 0.6) is 0 Å². The van der Waals surface area contributed by atoms with Gasteiger partial charge < -0.3 is 14.7 Å². The molecule has 2 aliphatic heterocycles. The number of carboxylic acid groups (broad SMARTS) is 1. The Bertz CT molecular complexity index is 945. The fourth-order valence-corrected chi connectivity index (χ4v) is 4.36. The van der Waals surface area contributed by atoms with Crippen molar-refractivity contribution in [2.45, 2.75) is 44.0 Å². The summed E-state index contributed by atoms with van der Waals surface area (Å²) >= 11 is 0. The summed E-state index contributed by atoms with van der Waals surface area (Å²) < 4.78 is 118. The highest BCUT2D eigenvalue weighted by Crippen LogP contribution is 2.42. The van der Waals surface area contributed by atoms with Gasteiger partial charge in [-0.15, -0.1) is 0 Å². The summed E-state index contributed by atoms with van der Waals surface area (Å²) in [7, 11) is 0. The molecule has 35 heavy (non-hydrogen) atoms. The van der Waals surface area contributed by atoms with E-state index >= 15 is 0 Å². The fourth-order valence-electron chi connectivity index (χ4n) is 4.36. The van der Waals surface area contributed by atoms with E-state index < -0.39 is 47.8 Å². The van der Waals surface area contributed by atoms with Gasteiger partial charge in [-0.05, 0) is 36.0 Å². The van der Waals surface area contributed by atoms with Crippen molar-refractivity contribution >= 4 is 12.1 Å². The Hall–Kier alpha value is -2.71. The maximum atomic E-state index is 13.0. The maximum absolute atomic E-state index is 13.0. The van der Waals surface area contributed by atoms with E-state index in [2.05, 4.69) is 4.74 Å². The zero-order valence-electron chi connectivity index (χ0n) is 17.7. The Kier molecular flexibility index (Phi) is 6.96. The monoisotopic (exact) mass is 522 g/mol. The van der Waals surface area contributed by atoms with Crippen LogP contribution in [0.2, 0.25) is 0 Å². The standard InChI is InChI=1S/C20H19F9N2O4/c21-18(22,23)13-2-1-11(7-12(13)14(32)33)8-30-9-17(10-30)3-5-31(6-4-17)16(34)35-15(19(24,25)26)20(27,28)29/h1-2,7,15H,3-6,8-10H2,(H,32,33). The zero-order chi connectivity index (χ0) is 26.4. The summed E-state index contributed by atoms with van der Waals surface area (Å²) in [5, 5.41) is 9.09. The van der Waals surface area contributed by atoms with Gasteiger partial charge in [-0.3, -0.25) is 4.90 Å². The van der Waals surface area contributed by atoms with E-state index in [9.17, 15) is 49.1 Å². The minimum absolute atomic E-state index is 0.126. The van der Waals surface area contributed by atoms with Crippen LogP contribution in [0.3, 0.4) is 0 Å². The van der Waals surface area contributed by atoms with Crippen molar-refractivity contribution in [2.75, 3.05) is 26.2 Å². The number of alkyl halides is 9. The molecule has 0 aromatic heterocycles. The Morgan fingerprint density at radius 1 is 0.971 bits per heavy atom. The van der Waals surface area contributed by atoms with E-state index in [4.69, 9.17) is 5.11 Å². The smallest absolute Gasteiger partial charge is 0.434 e. The highest BCUT2D eigenvalue weighted by atomic mass is 19.4. The summed E-state index contributed by atoms with van der Waals surface area (Å²) in [6.07, 6.45) is -21.8. The summed E-state index contributed by atoms with van der Waals surface area (Å²) in [6.45, 7) is 0.710. The molecule has 3 rings (SSSR count). The molecule has 0 saturated carbocycles. The molecule has 1 amide bonds. The van der Waals surface area contributed by atoms with Crippen molar-refractivity contribution < 1.29 is 58.9 Å². The van der Waals surface area contributed by atoms with Crippen LogP contribution in [0.1, 0.15) is 34.3 Å². The molecule has 2 heterocycles. The van der Waals surface area contributed by atoms with Crippen molar-refractivity contribution in [3.63, 3.8) is 0 Å². The Labute approximate surface area is 192 Å². The number of likely N-dealkylation sites (tertiary alicyclic amines) is 2. The molecule has 2 aliphatic rings. The number of rotatable bonds is 4. The molecule has 0 unspecified atom stereocenters. The maximum Gasteiger partial charge on any atom is 0.434 e. The molecular weight excluding hydrogens is 503 g/mol. The average Bonchev–Trinajstić information content (AvgIpc) is 2.68. The normalized spacial score (nSPS) is 19.1. The molecule has 1 aromatic rings. The molecular formula is C20H19F9N2O4. The number of carbonyl (C=O) groups is 2. The molecule has 0 atom stereocenters. The number of carboxylic acids is 1. The van der Waals surface area contributed by atoms with Gasteiger partial charge in [-0.1, -0.05) is 6.07 Å². The predicted octanol–water partition coefficient (Wildman–Crippen LogP) is 4.93. The van der Waals surface area contributed by atoms with Crippen LogP contribution in [-0.2, 0) is 17.5 Å². The van der Waals surface area contributed by atoms with Crippen molar-refractivity contribution in [3.05, 3.63) is 34.9 Å². The van der Waals surface area contributed by atoms with Crippen molar-refractivity contribution in [3.8, 4) is 0 Å². The molecule has 1 aromatic carbocycles. The first kappa shape index (κ1) is 26.9. The molecule has 15 heteroatoms. The fraction of sp³-hybridized carbons (Fsp3) is 0.600. The number of hydrogen-bond acceptors (Lipinski definition) is 4. The second-order valence-electron chi connectivity index (χ2n) is 8.66. The zero-order valence-corrected chi connectivity index (χ0v) is 17.7. The van der Waals surface area contributed by atoms with Gasteiger partial charge >= 0.3 is 30.6 Å². The van der Waals surface area contributed by atoms with Crippen LogP contribution in [0.4, 0.5) is 44.3 Å². The highest BCUT2D eigenvalue weighted by molar-refractivity contribution is 5.89. The van der Waals surface area contributed by atoms with Gasteiger partial charge in [-0.2, -0.15) is 39.5 Å². The number of carbonyl (C=O) groups excluding carboxylic acids is 1. The van der Waals surface area contributed by atoms with Crippen LogP contribution in [-0.4, -0.2) is 71.6 Å². The topological polar surface area (TPSA) is 70.1 Å². The lowest BCUT2D eigenvalue weighted by Crippen LogP contribution is -2.60. The largest absolute Gasteiger partial charge is 0.478 e. The third-order valence-electron chi connectivity index (χ3n) is 6.04. The lowest BCUT2D eigenvalue weighted by Gasteiger charge is -2.54. The van der Waals surface area contributed by atoms with E-state index in [1.54, 1.807) is 0 Å². The summed E-state index contributed by atoms with van der Waals surface area (Å²) in [6, 6.07) is 2.79. The molecule has 0 bridgehead atoms. The lowest BCUT2D eigenvalue weighted by atomic mass is 9.72. The number of piperidine rings is 1. The predicted molar refractivity (Wildman–Crippen MR) is 99.3 cm³/mol. The minimum Gasteiger partial charge on any atom is -0.478 e. The van der Waals surface area contributed by atoms with Gasteiger partial charge in [0.15, 0.2) is 0 Å². The van der Waals surface area contributed by atoms with Crippen LogP contribution >= 0.6 is 0 Å². The van der Waals surface area contributed by atoms with Gasteiger partial charge in [0.05, 0.1) is 11.1 Å². The van der Waals surface area contributed by atoms with Crippen LogP contribution in [0, 0.1) is 5.41 Å². The third kappa shape index (κ3) is 6.11. The molecule has 0 radical (unpaired) electrons. The third-order valence-corrected chi connectivity index (χ3v) is 6.04. The van der Waals surface area contributed by atoms with Crippen LogP contribution < -0.4 is 0 Å². The van der Waals surface area contributed by atoms with E-state index in [1.165, 1.54) is 0 Å². The number of hydrogen-bond donors (Lipinski definition) is 1. The quantitative estimate of drug-likeness (QED) is 0.568. The van der Waals surface area contributed by atoms with Gasteiger partial charge in [0.25, 0.3) is 6.10 Å². The Balaban J connectivity index is 1.55. The molecule has 0 aliphatic carbocycles. The van der Waals surface area contributed by atoms with E-state index in [0.29, 0.717) is 24.7 Å². The highest BCUT2D eigenvalue weighted by Gasteiger charge is 2.60. The Morgan fingerprint density at radius 2 is 1.51 bits per heavy atom. The van der Waals surface area contributed by atoms with Crippen LogP contribution in [0.15, 0.2) is 18.2 Å². The summed E-state index contributed by atoms with van der Waals surface area (Å²) in [4.78, 5) is 25.7. The number of benzene rings is 1. The number of amides is 1. The second-order valence-corrected chi connectivity index (χ2v) is 8.66. The average molecular weight is 522 g/mol. The van der Waals surface area contributed by atoms with E-state index in [1.807, 2.05) is 4.90 Å². The molecule has 2 saturated heterocycles. The molecule has 6 nitrogen and oxygen atoms in total. The van der Waals surface area contributed by atoms with Gasteiger partial charge in [-0.25, -0.2) is 9.59 Å². The number of nitrogens with zero attached hydrogens (tertiary/aromatic N) is 2. The molecule has 1 spiro atoms. The molecule has 2 fully saturated rings. The first-order chi connectivity index (χ1) is 15.9. The van der Waals surface area contributed by atoms with Crippen molar-refractivity contribution in [2.24, 2.45) is 5.41 Å². The number of halogens is 9. The Morgan fingerprint density at radius 3 is 1.97 bits per heavy atom. The molecule has 1 N–H and O–H groups in total. The van der Waals surface area contributed by atoms with Crippen molar-refractivity contribution in [1.29, 1.82) is 0 Å². The first-order valence-electron chi connectivity index (χ1n) is 10.2. The number of ether oxygens (including phenoxy) is 1. The lowest BCUT2D eigenvalue weighted by molar-refractivity contribution is -0.308. The van der Waals surface area contributed by atoms with Gasteiger partial charge in [0.2, 0.25) is 0 Å². The van der Waals surface area contributed by atoms with Crippen LogP contribution in [0.25, 0.3) is 0 Å². The minimum atomic E-state index is -5.81. The SMILES string of the molecule is O=C(O)c1cc(CN2CC3(CCN(C(=O)OC(C(F)(F)F)C(F)(F)F)CC3)C2)ccc1C(F)(F)F. The van der Waals surface area contributed by atoms with Gasteiger partial charge in [0.1, 0.15) is 0 Å². The van der Waals surface area contributed by atoms with E-state index in [0.717, 1.165) is 17.0 Å². The first-order valence-corrected chi connectivity index (χ1v) is 10.2. The summed E-state index contributed by atoms with van der Waals surface area (Å²) in [5.74, 6) is -1.73. The van der Waals surface area contributed by atoms with E-state index in [-0.39, 0.29) is 37.9 Å².